The number of rotatable bonds is 6. The Balaban J connectivity index is 1.46. The zero-order chi connectivity index (χ0) is 17.0. The zero-order valence-corrected chi connectivity index (χ0v) is 14.8. The second-order valence-corrected chi connectivity index (χ2v) is 7.46. The van der Waals surface area contributed by atoms with Gasteiger partial charge in [0.15, 0.2) is 0 Å². The van der Waals surface area contributed by atoms with E-state index >= 15 is 0 Å². The van der Waals surface area contributed by atoms with Gasteiger partial charge < -0.3 is 10.4 Å². The Morgan fingerprint density at radius 1 is 1.29 bits per heavy atom. The van der Waals surface area contributed by atoms with Crippen molar-refractivity contribution in [3.63, 3.8) is 0 Å². The van der Waals surface area contributed by atoms with Crippen LogP contribution in [-0.4, -0.2) is 41.7 Å². The van der Waals surface area contributed by atoms with Crippen molar-refractivity contribution < 1.29 is 9.90 Å². The van der Waals surface area contributed by atoms with Gasteiger partial charge in [0.25, 0.3) is 0 Å². The number of fused-ring (bicyclic) bond motifs is 1. The lowest BCUT2D eigenvalue weighted by atomic mass is 9.82. The van der Waals surface area contributed by atoms with E-state index in [2.05, 4.69) is 41.4 Å². The van der Waals surface area contributed by atoms with Crippen LogP contribution < -0.4 is 5.32 Å². The molecule has 1 amide bonds. The molecule has 4 heteroatoms. The molecule has 1 atom stereocenters. The minimum Gasteiger partial charge on any atom is -0.390 e. The maximum atomic E-state index is 12.5. The summed E-state index contributed by atoms with van der Waals surface area (Å²) in [7, 11) is 0. The first-order valence-corrected chi connectivity index (χ1v) is 9.38. The van der Waals surface area contributed by atoms with Crippen molar-refractivity contribution in [1.29, 1.82) is 0 Å². The van der Waals surface area contributed by atoms with E-state index in [1.807, 2.05) is 0 Å². The van der Waals surface area contributed by atoms with Gasteiger partial charge in [0, 0.05) is 31.6 Å². The number of hydrogen-bond donors (Lipinski definition) is 2. The molecular formula is C20H30N2O2. The molecule has 2 aliphatic rings. The Morgan fingerprint density at radius 3 is 2.71 bits per heavy atom. The van der Waals surface area contributed by atoms with Crippen molar-refractivity contribution in [1.82, 2.24) is 10.2 Å². The summed E-state index contributed by atoms with van der Waals surface area (Å²) < 4.78 is 0. The fourth-order valence-electron chi connectivity index (χ4n) is 4.26. The monoisotopic (exact) mass is 330 g/mol. The van der Waals surface area contributed by atoms with Crippen LogP contribution in [0.3, 0.4) is 0 Å². The Morgan fingerprint density at radius 2 is 2.00 bits per heavy atom. The summed E-state index contributed by atoms with van der Waals surface area (Å²) in [5, 5.41) is 13.4. The molecule has 4 nitrogen and oxygen atoms in total. The first-order chi connectivity index (χ1) is 11.6. The van der Waals surface area contributed by atoms with Crippen LogP contribution in [0.4, 0.5) is 0 Å². The summed E-state index contributed by atoms with van der Waals surface area (Å²) >= 11 is 0. The van der Waals surface area contributed by atoms with Gasteiger partial charge in [-0.15, -0.1) is 0 Å². The molecule has 1 aliphatic carbocycles. The third-order valence-electron chi connectivity index (χ3n) is 5.90. The molecule has 1 unspecified atom stereocenters. The van der Waals surface area contributed by atoms with E-state index in [1.54, 1.807) is 0 Å². The van der Waals surface area contributed by atoms with Gasteiger partial charge >= 0.3 is 0 Å². The normalized spacial score (nSPS) is 21.2. The van der Waals surface area contributed by atoms with Crippen molar-refractivity contribution in [3.05, 3.63) is 35.4 Å². The minimum absolute atomic E-state index is 0.144. The highest BCUT2D eigenvalue weighted by Crippen LogP contribution is 2.41. The predicted molar refractivity (Wildman–Crippen MR) is 95.6 cm³/mol. The van der Waals surface area contributed by atoms with Gasteiger partial charge in [-0.25, -0.2) is 0 Å². The Bertz CT molecular complexity index is 567. The molecular weight excluding hydrogens is 300 g/mol. The van der Waals surface area contributed by atoms with E-state index in [1.165, 1.54) is 11.1 Å². The predicted octanol–water partition coefficient (Wildman–Crippen LogP) is 2.49. The van der Waals surface area contributed by atoms with Crippen LogP contribution in [-0.2, 0) is 17.8 Å². The second kappa shape index (κ2) is 7.66. The Labute approximate surface area is 145 Å². The van der Waals surface area contributed by atoms with Crippen LogP contribution in [0.1, 0.15) is 50.2 Å². The number of benzene rings is 1. The maximum absolute atomic E-state index is 12.5. The number of carbonyl (C=O) groups excluding carboxylic acids is 1. The molecule has 1 aromatic carbocycles. The molecule has 1 aromatic rings. The van der Waals surface area contributed by atoms with Crippen molar-refractivity contribution >= 4 is 5.91 Å². The quantitative estimate of drug-likeness (QED) is 0.842. The van der Waals surface area contributed by atoms with Crippen molar-refractivity contribution in [2.45, 2.75) is 58.1 Å². The number of β-amino-alcohol motifs (C(OH)–C–C–N with tert-alkyl or cyclic N) is 1. The van der Waals surface area contributed by atoms with E-state index in [9.17, 15) is 9.90 Å². The summed E-state index contributed by atoms with van der Waals surface area (Å²) in [6.45, 7) is 4.94. The van der Waals surface area contributed by atoms with Crippen LogP contribution >= 0.6 is 0 Å². The Kier molecular flexibility index (Phi) is 5.57. The molecule has 3 rings (SSSR count). The lowest BCUT2D eigenvalue weighted by Crippen LogP contribution is -2.45. The number of nitrogens with zero attached hydrogens (tertiary/aromatic N) is 1. The average Bonchev–Trinajstić information content (AvgIpc) is 3.10. The van der Waals surface area contributed by atoms with Gasteiger partial charge in [-0.2, -0.15) is 0 Å². The number of amides is 1. The third kappa shape index (κ3) is 3.81. The molecule has 1 saturated carbocycles. The SMILES string of the molecule is CCC1(C(=O)NCC(O)CN2CCc3ccccc3C2)CCCC1. The van der Waals surface area contributed by atoms with Crippen LogP contribution in [0.5, 0.6) is 0 Å². The van der Waals surface area contributed by atoms with Gasteiger partial charge in [-0.3, -0.25) is 9.69 Å². The average molecular weight is 330 g/mol. The third-order valence-corrected chi connectivity index (χ3v) is 5.90. The van der Waals surface area contributed by atoms with E-state index in [0.717, 1.165) is 51.6 Å². The molecule has 0 aromatic heterocycles. The summed E-state index contributed by atoms with van der Waals surface area (Å²) in [6.07, 6.45) is 5.72. The molecule has 1 fully saturated rings. The Hall–Kier alpha value is -1.39. The lowest BCUT2D eigenvalue weighted by Gasteiger charge is -2.31. The van der Waals surface area contributed by atoms with Crippen LogP contribution in [0.2, 0.25) is 0 Å². The van der Waals surface area contributed by atoms with E-state index in [0.29, 0.717) is 13.1 Å². The van der Waals surface area contributed by atoms with Gasteiger partial charge in [-0.05, 0) is 36.8 Å². The molecule has 0 saturated heterocycles. The number of aliphatic hydroxyl groups is 1. The number of hydrogen-bond acceptors (Lipinski definition) is 3. The topological polar surface area (TPSA) is 52.6 Å². The van der Waals surface area contributed by atoms with E-state index < -0.39 is 6.10 Å². The maximum Gasteiger partial charge on any atom is 0.226 e. The molecule has 2 N–H and O–H groups in total. The molecule has 132 valence electrons. The summed E-state index contributed by atoms with van der Waals surface area (Å²) in [5.74, 6) is 0.144. The first-order valence-electron chi connectivity index (χ1n) is 9.38. The molecule has 1 heterocycles. The van der Waals surface area contributed by atoms with Crippen LogP contribution in [0.15, 0.2) is 24.3 Å². The summed E-state index contributed by atoms with van der Waals surface area (Å²) in [4.78, 5) is 14.8. The highest BCUT2D eigenvalue weighted by Gasteiger charge is 2.39. The van der Waals surface area contributed by atoms with Gasteiger partial charge in [0.1, 0.15) is 0 Å². The highest BCUT2D eigenvalue weighted by atomic mass is 16.3. The minimum atomic E-state index is -0.505. The van der Waals surface area contributed by atoms with Gasteiger partial charge in [0.2, 0.25) is 5.91 Å². The van der Waals surface area contributed by atoms with Gasteiger partial charge in [0.05, 0.1) is 6.10 Å². The number of aliphatic hydroxyl groups excluding tert-OH is 1. The lowest BCUT2D eigenvalue weighted by molar-refractivity contribution is -0.131. The molecule has 0 spiro atoms. The molecule has 0 bridgehead atoms. The molecule has 1 aliphatic heterocycles. The summed E-state index contributed by atoms with van der Waals surface area (Å²) in [6, 6.07) is 8.52. The van der Waals surface area contributed by atoms with E-state index in [4.69, 9.17) is 0 Å². The van der Waals surface area contributed by atoms with Crippen molar-refractivity contribution in [2.75, 3.05) is 19.6 Å². The molecule has 24 heavy (non-hydrogen) atoms. The van der Waals surface area contributed by atoms with Crippen molar-refractivity contribution in [3.8, 4) is 0 Å². The van der Waals surface area contributed by atoms with Crippen molar-refractivity contribution in [2.24, 2.45) is 5.41 Å². The van der Waals surface area contributed by atoms with Gasteiger partial charge in [-0.1, -0.05) is 44.0 Å². The smallest absolute Gasteiger partial charge is 0.226 e. The fourth-order valence-corrected chi connectivity index (χ4v) is 4.26. The zero-order valence-electron chi connectivity index (χ0n) is 14.8. The highest BCUT2D eigenvalue weighted by molar-refractivity contribution is 5.82. The largest absolute Gasteiger partial charge is 0.390 e. The molecule has 0 radical (unpaired) electrons. The second-order valence-electron chi connectivity index (χ2n) is 7.46. The fraction of sp³-hybridized carbons (Fsp3) is 0.650. The van der Waals surface area contributed by atoms with Crippen LogP contribution in [0, 0.1) is 5.41 Å². The number of nitrogens with one attached hydrogen (secondary N) is 1. The standard InChI is InChI=1S/C20H30N2O2/c1-2-20(10-5-6-11-20)19(24)21-13-18(23)15-22-12-9-16-7-3-4-8-17(16)14-22/h3-4,7-8,18,23H,2,5-6,9-15H2,1H3,(H,21,24). The first kappa shape index (κ1) is 17.4. The van der Waals surface area contributed by atoms with Crippen LogP contribution in [0.25, 0.3) is 0 Å². The number of carbonyl (C=O) groups is 1. The summed E-state index contributed by atoms with van der Waals surface area (Å²) in [5.41, 5.74) is 2.60. The van der Waals surface area contributed by atoms with E-state index in [-0.39, 0.29) is 11.3 Å².